The lowest BCUT2D eigenvalue weighted by Crippen LogP contribution is -2.47. The van der Waals surface area contributed by atoms with E-state index in [9.17, 15) is 0 Å². The molecular formula is C16H24ClN3. The van der Waals surface area contributed by atoms with Crippen LogP contribution < -0.4 is 10.6 Å². The fourth-order valence-electron chi connectivity index (χ4n) is 2.97. The van der Waals surface area contributed by atoms with Crippen LogP contribution in [-0.4, -0.2) is 44.2 Å². The van der Waals surface area contributed by atoms with E-state index in [1.807, 2.05) is 0 Å². The third-order valence-electron chi connectivity index (χ3n) is 4.37. The van der Waals surface area contributed by atoms with E-state index in [4.69, 9.17) is 17.3 Å². The molecule has 1 aromatic carbocycles. The van der Waals surface area contributed by atoms with Crippen LogP contribution in [0.4, 0.5) is 5.69 Å². The van der Waals surface area contributed by atoms with Crippen LogP contribution in [-0.2, 0) is 6.42 Å². The largest absolute Gasteiger partial charge is 0.368 e. The van der Waals surface area contributed by atoms with Gasteiger partial charge >= 0.3 is 0 Å². The SMILES string of the molecule is NCCc1ccc(N2CCN(CC3CC3)CC2)c(Cl)c1. The van der Waals surface area contributed by atoms with Gasteiger partial charge in [-0.25, -0.2) is 0 Å². The van der Waals surface area contributed by atoms with Gasteiger partial charge in [0.25, 0.3) is 0 Å². The molecule has 0 amide bonds. The molecule has 3 nitrogen and oxygen atoms in total. The average molecular weight is 294 g/mol. The summed E-state index contributed by atoms with van der Waals surface area (Å²) in [5.41, 5.74) is 8.00. The lowest BCUT2D eigenvalue weighted by Gasteiger charge is -2.36. The van der Waals surface area contributed by atoms with Crippen LogP contribution in [0.3, 0.4) is 0 Å². The van der Waals surface area contributed by atoms with Crippen molar-refractivity contribution in [1.29, 1.82) is 0 Å². The predicted molar refractivity (Wildman–Crippen MR) is 85.6 cm³/mol. The molecule has 4 heteroatoms. The summed E-state index contributed by atoms with van der Waals surface area (Å²) in [5.74, 6) is 0.987. The number of anilines is 1. The van der Waals surface area contributed by atoms with Crippen molar-refractivity contribution in [2.24, 2.45) is 11.7 Å². The Bertz CT molecular complexity index is 451. The fraction of sp³-hybridized carbons (Fsp3) is 0.625. The Morgan fingerprint density at radius 3 is 2.50 bits per heavy atom. The normalized spacial score (nSPS) is 20.4. The third-order valence-corrected chi connectivity index (χ3v) is 4.67. The van der Waals surface area contributed by atoms with E-state index in [0.717, 1.165) is 43.5 Å². The van der Waals surface area contributed by atoms with Crippen LogP contribution in [0.25, 0.3) is 0 Å². The molecule has 2 fully saturated rings. The van der Waals surface area contributed by atoms with E-state index in [0.29, 0.717) is 6.54 Å². The molecule has 1 aromatic rings. The van der Waals surface area contributed by atoms with Crippen molar-refractivity contribution in [3.63, 3.8) is 0 Å². The number of hydrogen-bond acceptors (Lipinski definition) is 3. The number of halogens is 1. The van der Waals surface area contributed by atoms with Gasteiger partial charge in [0.15, 0.2) is 0 Å². The van der Waals surface area contributed by atoms with Gasteiger partial charge in [-0.15, -0.1) is 0 Å². The number of rotatable bonds is 5. The highest BCUT2D eigenvalue weighted by Crippen LogP contribution is 2.31. The van der Waals surface area contributed by atoms with Crippen LogP contribution in [0.1, 0.15) is 18.4 Å². The van der Waals surface area contributed by atoms with Crippen molar-refractivity contribution in [3.05, 3.63) is 28.8 Å². The molecule has 1 heterocycles. The molecule has 2 N–H and O–H groups in total. The second kappa shape index (κ2) is 6.33. The minimum absolute atomic E-state index is 0.676. The average Bonchev–Trinajstić information content (AvgIpc) is 3.25. The van der Waals surface area contributed by atoms with Gasteiger partial charge in [-0.2, -0.15) is 0 Å². The zero-order chi connectivity index (χ0) is 13.9. The third kappa shape index (κ3) is 3.46. The Labute approximate surface area is 126 Å². The van der Waals surface area contributed by atoms with Gasteiger partial charge in [0.05, 0.1) is 10.7 Å². The van der Waals surface area contributed by atoms with Gasteiger partial charge < -0.3 is 10.6 Å². The smallest absolute Gasteiger partial charge is 0.0642 e. The van der Waals surface area contributed by atoms with Crippen molar-refractivity contribution < 1.29 is 0 Å². The molecular weight excluding hydrogens is 270 g/mol. The van der Waals surface area contributed by atoms with E-state index in [1.165, 1.54) is 30.6 Å². The fourth-order valence-corrected chi connectivity index (χ4v) is 3.29. The monoisotopic (exact) mass is 293 g/mol. The minimum atomic E-state index is 0.676. The summed E-state index contributed by atoms with van der Waals surface area (Å²) in [7, 11) is 0. The van der Waals surface area contributed by atoms with Crippen LogP contribution in [0, 0.1) is 5.92 Å². The van der Waals surface area contributed by atoms with Crippen molar-refractivity contribution in [2.75, 3.05) is 44.2 Å². The zero-order valence-corrected chi connectivity index (χ0v) is 12.8. The maximum atomic E-state index is 6.43. The van der Waals surface area contributed by atoms with Gasteiger partial charge in [-0.3, -0.25) is 4.90 Å². The van der Waals surface area contributed by atoms with Crippen molar-refractivity contribution in [3.8, 4) is 0 Å². The topological polar surface area (TPSA) is 32.5 Å². The summed E-state index contributed by atoms with van der Waals surface area (Å²) in [6, 6.07) is 6.38. The lowest BCUT2D eigenvalue weighted by atomic mass is 10.1. The second-order valence-electron chi connectivity index (χ2n) is 6.06. The van der Waals surface area contributed by atoms with Crippen molar-refractivity contribution >= 4 is 17.3 Å². The molecule has 1 saturated heterocycles. The Kier molecular flexibility index (Phi) is 4.49. The summed E-state index contributed by atoms with van der Waals surface area (Å²) in [6.07, 6.45) is 3.78. The Morgan fingerprint density at radius 2 is 1.90 bits per heavy atom. The Morgan fingerprint density at radius 1 is 1.15 bits per heavy atom. The summed E-state index contributed by atoms with van der Waals surface area (Å²) < 4.78 is 0. The molecule has 1 aliphatic carbocycles. The molecule has 1 aliphatic heterocycles. The Balaban J connectivity index is 1.59. The molecule has 2 aliphatic rings. The van der Waals surface area contributed by atoms with Crippen molar-refractivity contribution in [2.45, 2.75) is 19.3 Å². The van der Waals surface area contributed by atoms with Crippen LogP contribution in [0.2, 0.25) is 5.02 Å². The number of benzene rings is 1. The predicted octanol–water partition coefficient (Wildman–Crippen LogP) is 2.37. The van der Waals surface area contributed by atoms with Gasteiger partial charge in [-0.1, -0.05) is 17.7 Å². The summed E-state index contributed by atoms with van der Waals surface area (Å²) in [5, 5.41) is 0.867. The molecule has 0 radical (unpaired) electrons. The summed E-state index contributed by atoms with van der Waals surface area (Å²) >= 11 is 6.43. The highest BCUT2D eigenvalue weighted by Gasteiger charge is 2.26. The maximum absolute atomic E-state index is 6.43. The van der Waals surface area contributed by atoms with Crippen LogP contribution in [0.5, 0.6) is 0 Å². The number of piperazine rings is 1. The van der Waals surface area contributed by atoms with Gasteiger partial charge in [-0.05, 0) is 49.4 Å². The number of nitrogens with two attached hydrogens (primary N) is 1. The van der Waals surface area contributed by atoms with E-state index in [-0.39, 0.29) is 0 Å². The molecule has 20 heavy (non-hydrogen) atoms. The molecule has 0 spiro atoms. The highest BCUT2D eigenvalue weighted by molar-refractivity contribution is 6.33. The first-order chi connectivity index (χ1) is 9.76. The minimum Gasteiger partial charge on any atom is -0.368 e. The first-order valence-electron chi connectivity index (χ1n) is 7.72. The molecule has 0 unspecified atom stereocenters. The molecule has 3 rings (SSSR count). The maximum Gasteiger partial charge on any atom is 0.0642 e. The quantitative estimate of drug-likeness (QED) is 0.905. The number of hydrogen-bond donors (Lipinski definition) is 1. The van der Waals surface area contributed by atoms with Gasteiger partial charge in [0.2, 0.25) is 0 Å². The van der Waals surface area contributed by atoms with E-state index in [1.54, 1.807) is 0 Å². The first-order valence-corrected chi connectivity index (χ1v) is 8.10. The number of nitrogens with zero attached hydrogens (tertiary/aromatic N) is 2. The zero-order valence-electron chi connectivity index (χ0n) is 12.0. The second-order valence-corrected chi connectivity index (χ2v) is 6.46. The Hall–Kier alpha value is -0.770. The van der Waals surface area contributed by atoms with E-state index in [2.05, 4.69) is 28.0 Å². The molecule has 1 saturated carbocycles. The van der Waals surface area contributed by atoms with Crippen LogP contribution >= 0.6 is 11.6 Å². The first kappa shape index (κ1) is 14.2. The molecule has 0 aromatic heterocycles. The van der Waals surface area contributed by atoms with Crippen LogP contribution in [0.15, 0.2) is 18.2 Å². The molecule has 0 bridgehead atoms. The summed E-state index contributed by atoms with van der Waals surface area (Å²) in [6.45, 7) is 6.48. The lowest BCUT2D eigenvalue weighted by molar-refractivity contribution is 0.248. The molecule has 110 valence electrons. The van der Waals surface area contributed by atoms with Crippen molar-refractivity contribution in [1.82, 2.24) is 4.90 Å². The van der Waals surface area contributed by atoms with E-state index >= 15 is 0 Å². The van der Waals surface area contributed by atoms with Gasteiger partial charge in [0, 0.05) is 32.7 Å². The highest BCUT2D eigenvalue weighted by atomic mass is 35.5. The molecule has 0 atom stereocenters. The van der Waals surface area contributed by atoms with E-state index < -0.39 is 0 Å². The summed E-state index contributed by atoms with van der Waals surface area (Å²) in [4.78, 5) is 5.02. The standard InChI is InChI=1S/C16H24ClN3/c17-15-11-13(5-6-18)3-4-16(15)20-9-7-19(8-10-20)12-14-1-2-14/h3-4,11,14H,1-2,5-10,12,18H2. The van der Waals surface area contributed by atoms with Gasteiger partial charge in [0.1, 0.15) is 0 Å².